The van der Waals surface area contributed by atoms with Crippen molar-refractivity contribution in [2.24, 2.45) is 11.7 Å². The van der Waals surface area contributed by atoms with E-state index in [9.17, 15) is 4.79 Å². The topological polar surface area (TPSA) is 46.3 Å². The Hall–Kier alpha value is -0.830. The molecule has 1 atom stereocenters. The van der Waals surface area contributed by atoms with Crippen LogP contribution in [0.2, 0.25) is 0 Å². The lowest BCUT2D eigenvalue weighted by atomic mass is 10.00. The molecule has 0 saturated carbocycles. The zero-order valence-electron chi connectivity index (χ0n) is 11.3. The Bertz CT molecular complexity index is 241. The summed E-state index contributed by atoms with van der Waals surface area (Å²) in [6.45, 7) is 14.4. The second kappa shape index (κ2) is 6.04. The van der Waals surface area contributed by atoms with Crippen molar-refractivity contribution in [3.8, 4) is 0 Å². The van der Waals surface area contributed by atoms with Crippen LogP contribution in [0.5, 0.6) is 0 Å². The van der Waals surface area contributed by atoms with Crippen molar-refractivity contribution in [2.45, 2.75) is 52.6 Å². The minimum Gasteiger partial charge on any atom is -0.333 e. The fourth-order valence-corrected chi connectivity index (χ4v) is 1.63. The molecule has 0 aliphatic heterocycles. The molecule has 0 aliphatic rings. The molecule has 16 heavy (non-hydrogen) atoms. The average Bonchev–Trinajstić information content (AvgIpc) is 2.10. The Kier molecular flexibility index (Phi) is 5.73. The van der Waals surface area contributed by atoms with E-state index >= 15 is 0 Å². The highest BCUT2D eigenvalue weighted by Gasteiger charge is 2.29. The lowest BCUT2D eigenvalue weighted by molar-refractivity contribution is -0.137. The van der Waals surface area contributed by atoms with Crippen LogP contribution in [0.1, 0.15) is 41.0 Å². The highest BCUT2D eigenvalue weighted by atomic mass is 16.2. The fourth-order valence-electron chi connectivity index (χ4n) is 1.63. The molecule has 0 aromatic rings. The van der Waals surface area contributed by atoms with Crippen LogP contribution >= 0.6 is 0 Å². The van der Waals surface area contributed by atoms with Crippen LogP contribution in [0.4, 0.5) is 0 Å². The summed E-state index contributed by atoms with van der Waals surface area (Å²) in [5.74, 6) is 0.450. The van der Waals surface area contributed by atoms with Gasteiger partial charge in [-0.15, -0.1) is 6.58 Å². The first kappa shape index (κ1) is 15.2. The third-order valence-corrected chi connectivity index (χ3v) is 2.43. The number of hydrogen-bond acceptors (Lipinski definition) is 2. The first-order chi connectivity index (χ1) is 7.20. The number of amides is 1. The summed E-state index contributed by atoms with van der Waals surface area (Å²) < 4.78 is 0. The van der Waals surface area contributed by atoms with Gasteiger partial charge >= 0.3 is 0 Å². The Morgan fingerprint density at radius 1 is 1.44 bits per heavy atom. The van der Waals surface area contributed by atoms with Crippen molar-refractivity contribution in [1.82, 2.24) is 4.90 Å². The number of carbonyl (C=O) groups excluding carboxylic acids is 1. The van der Waals surface area contributed by atoms with E-state index < -0.39 is 6.04 Å². The van der Waals surface area contributed by atoms with E-state index in [1.54, 1.807) is 11.0 Å². The normalized spacial score (nSPS) is 13.7. The Morgan fingerprint density at radius 3 is 2.25 bits per heavy atom. The van der Waals surface area contributed by atoms with Crippen molar-refractivity contribution in [2.75, 3.05) is 6.54 Å². The van der Waals surface area contributed by atoms with Gasteiger partial charge in [0.05, 0.1) is 6.04 Å². The van der Waals surface area contributed by atoms with Crippen LogP contribution in [0.15, 0.2) is 12.7 Å². The standard InChI is InChI=1S/C13H26N2O/c1-7-8-15(13(4,5)6)12(16)11(14)9-10(2)3/h7,10-11H,1,8-9,14H2,2-6H3. The predicted molar refractivity (Wildman–Crippen MR) is 69.1 cm³/mol. The van der Waals surface area contributed by atoms with Crippen LogP contribution in [-0.2, 0) is 4.79 Å². The zero-order chi connectivity index (χ0) is 12.9. The van der Waals surface area contributed by atoms with Gasteiger partial charge in [-0.3, -0.25) is 4.79 Å². The quantitative estimate of drug-likeness (QED) is 0.730. The van der Waals surface area contributed by atoms with Gasteiger partial charge < -0.3 is 10.6 Å². The lowest BCUT2D eigenvalue weighted by Gasteiger charge is -2.37. The maximum absolute atomic E-state index is 12.2. The van der Waals surface area contributed by atoms with Gasteiger partial charge in [0.15, 0.2) is 0 Å². The van der Waals surface area contributed by atoms with Gasteiger partial charge in [0.1, 0.15) is 0 Å². The monoisotopic (exact) mass is 226 g/mol. The second-order valence-electron chi connectivity index (χ2n) is 5.64. The molecule has 0 aliphatic carbocycles. The van der Waals surface area contributed by atoms with Gasteiger partial charge in [-0.2, -0.15) is 0 Å². The SMILES string of the molecule is C=CCN(C(=O)C(N)CC(C)C)C(C)(C)C. The highest BCUT2D eigenvalue weighted by Crippen LogP contribution is 2.16. The third kappa shape index (κ3) is 4.79. The summed E-state index contributed by atoms with van der Waals surface area (Å²) in [4.78, 5) is 14.0. The minimum absolute atomic E-state index is 0.0149. The molecule has 3 heteroatoms. The van der Waals surface area contributed by atoms with Gasteiger partial charge in [0, 0.05) is 12.1 Å². The Balaban J connectivity index is 4.67. The lowest BCUT2D eigenvalue weighted by Crippen LogP contribution is -2.52. The number of rotatable bonds is 5. The summed E-state index contributed by atoms with van der Waals surface area (Å²) >= 11 is 0. The minimum atomic E-state index is -0.404. The van der Waals surface area contributed by atoms with Crippen LogP contribution in [0.25, 0.3) is 0 Å². The van der Waals surface area contributed by atoms with Crippen LogP contribution in [0.3, 0.4) is 0 Å². The van der Waals surface area contributed by atoms with Crippen LogP contribution in [0, 0.1) is 5.92 Å². The zero-order valence-corrected chi connectivity index (χ0v) is 11.3. The number of nitrogens with two attached hydrogens (primary N) is 1. The number of nitrogens with zero attached hydrogens (tertiary/aromatic N) is 1. The van der Waals surface area contributed by atoms with E-state index in [2.05, 4.69) is 20.4 Å². The van der Waals surface area contributed by atoms with E-state index in [1.165, 1.54) is 0 Å². The van der Waals surface area contributed by atoms with Gasteiger partial charge in [-0.05, 0) is 33.1 Å². The van der Waals surface area contributed by atoms with Crippen molar-refractivity contribution in [1.29, 1.82) is 0 Å². The van der Waals surface area contributed by atoms with Crippen molar-refractivity contribution in [3.63, 3.8) is 0 Å². The van der Waals surface area contributed by atoms with E-state index in [0.29, 0.717) is 12.5 Å². The molecule has 0 radical (unpaired) electrons. The largest absolute Gasteiger partial charge is 0.333 e. The van der Waals surface area contributed by atoms with E-state index in [4.69, 9.17) is 5.73 Å². The molecule has 3 nitrogen and oxygen atoms in total. The first-order valence-corrected chi connectivity index (χ1v) is 5.88. The Morgan fingerprint density at radius 2 is 1.94 bits per heavy atom. The molecule has 0 saturated heterocycles. The molecule has 0 aromatic carbocycles. The van der Waals surface area contributed by atoms with Crippen LogP contribution < -0.4 is 5.73 Å². The number of carbonyl (C=O) groups is 1. The molecular weight excluding hydrogens is 200 g/mol. The molecule has 0 aromatic heterocycles. The summed E-state index contributed by atoms with van der Waals surface area (Å²) in [5, 5.41) is 0. The molecule has 2 N–H and O–H groups in total. The summed E-state index contributed by atoms with van der Waals surface area (Å²) in [5.41, 5.74) is 5.71. The van der Waals surface area contributed by atoms with Crippen molar-refractivity contribution < 1.29 is 4.79 Å². The van der Waals surface area contributed by atoms with Gasteiger partial charge in [-0.1, -0.05) is 19.9 Å². The number of hydrogen-bond donors (Lipinski definition) is 1. The predicted octanol–water partition coefficient (Wildman–Crippen LogP) is 2.17. The highest BCUT2D eigenvalue weighted by molar-refractivity contribution is 5.82. The van der Waals surface area contributed by atoms with Crippen molar-refractivity contribution in [3.05, 3.63) is 12.7 Å². The first-order valence-electron chi connectivity index (χ1n) is 5.88. The van der Waals surface area contributed by atoms with Crippen molar-refractivity contribution >= 4 is 5.91 Å². The molecular formula is C13H26N2O. The van der Waals surface area contributed by atoms with E-state index in [1.807, 2.05) is 20.8 Å². The molecule has 0 heterocycles. The summed E-state index contributed by atoms with van der Waals surface area (Å²) in [6.07, 6.45) is 2.47. The molecule has 0 rings (SSSR count). The molecule has 0 spiro atoms. The van der Waals surface area contributed by atoms with Gasteiger partial charge in [0.2, 0.25) is 5.91 Å². The third-order valence-electron chi connectivity index (χ3n) is 2.43. The molecule has 1 amide bonds. The summed E-state index contributed by atoms with van der Waals surface area (Å²) in [6, 6.07) is -0.404. The van der Waals surface area contributed by atoms with Gasteiger partial charge in [0.25, 0.3) is 0 Å². The summed E-state index contributed by atoms with van der Waals surface area (Å²) in [7, 11) is 0. The maximum atomic E-state index is 12.2. The molecule has 94 valence electrons. The van der Waals surface area contributed by atoms with E-state index in [0.717, 1.165) is 6.42 Å². The van der Waals surface area contributed by atoms with E-state index in [-0.39, 0.29) is 11.4 Å². The molecule has 0 bridgehead atoms. The Labute approximate surface area is 99.7 Å². The average molecular weight is 226 g/mol. The fraction of sp³-hybridized carbons (Fsp3) is 0.769. The van der Waals surface area contributed by atoms with Crippen LogP contribution in [-0.4, -0.2) is 28.9 Å². The van der Waals surface area contributed by atoms with Gasteiger partial charge in [-0.25, -0.2) is 0 Å². The smallest absolute Gasteiger partial charge is 0.240 e. The maximum Gasteiger partial charge on any atom is 0.240 e. The molecule has 0 fully saturated rings. The second-order valence-corrected chi connectivity index (χ2v) is 5.64. The molecule has 1 unspecified atom stereocenters.